The van der Waals surface area contributed by atoms with E-state index in [0.29, 0.717) is 11.6 Å². The van der Waals surface area contributed by atoms with Crippen molar-refractivity contribution >= 4 is 15.9 Å². The fourth-order valence-electron chi connectivity index (χ4n) is 2.74. The van der Waals surface area contributed by atoms with Crippen molar-refractivity contribution in [3.05, 3.63) is 18.0 Å². The molecule has 7 heteroatoms. The minimum Gasteiger partial charge on any atom is -0.348 e. The molecule has 0 aromatic carbocycles. The lowest BCUT2D eigenvalue weighted by atomic mass is 9.87. The summed E-state index contributed by atoms with van der Waals surface area (Å²) < 4.78 is 24.1. The van der Waals surface area contributed by atoms with Crippen LogP contribution in [0, 0.1) is 5.92 Å². The second-order valence-corrected chi connectivity index (χ2v) is 7.22. The maximum absolute atomic E-state index is 12.2. The molecule has 1 saturated carbocycles. The Balaban J connectivity index is 2.11. The number of primary sulfonamides is 1. The lowest BCUT2D eigenvalue weighted by Crippen LogP contribution is -2.38. The van der Waals surface area contributed by atoms with Crippen LogP contribution >= 0.6 is 0 Å². The van der Waals surface area contributed by atoms with E-state index in [1.807, 2.05) is 0 Å². The molecule has 2 unspecified atom stereocenters. The number of amides is 1. The van der Waals surface area contributed by atoms with E-state index < -0.39 is 10.0 Å². The third-order valence-electron chi connectivity index (χ3n) is 3.81. The van der Waals surface area contributed by atoms with Gasteiger partial charge in [-0.15, -0.1) is 0 Å². The number of nitrogens with two attached hydrogens (primary N) is 1. The van der Waals surface area contributed by atoms with E-state index in [1.165, 1.54) is 23.3 Å². The molecule has 6 nitrogen and oxygen atoms in total. The molecule has 1 fully saturated rings. The molecule has 1 aliphatic carbocycles. The number of aryl methyl sites for hydroxylation is 1. The molecule has 0 aliphatic heterocycles. The largest absolute Gasteiger partial charge is 0.348 e. The number of sulfonamides is 1. The van der Waals surface area contributed by atoms with E-state index in [4.69, 9.17) is 5.14 Å². The summed E-state index contributed by atoms with van der Waals surface area (Å²) in [5.74, 6) is 0.365. The fourth-order valence-corrected chi connectivity index (χ4v) is 3.32. The minimum absolute atomic E-state index is 0.0397. The molecule has 1 aliphatic rings. The first-order valence-electron chi connectivity index (χ1n) is 6.77. The Morgan fingerprint density at radius 3 is 2.70 bits per heavy atom. The molecule has 0 spiro atoms. The van der Waals surface area contributed by atoms with Gasteiger partial charge in [0, 0.05) is 19.3 Å². The van der Waals surface area contributed by atoms with Crippen LogP contribution in [0.2, 0.25) is 0 Å². The Hall–Kier alpha value is -1.34. The van der Waals surface area contributed by atoms with Crippen molar-refractivity contribution in [1.29, 1.82) is 0 Å². The summed E-state index contributed by atoms with van der Waals surface area (Å²) in [5, 5.41) is 8.04. The summed E-state index contributed by atoms with van der Waals surface area (Å²) in [7, 11) is -2.15. The van der Waals surface area contributed by atoms with E-state index in [9.17, 15) is 13.2 Å². The SMILES string of the molecule is CC1CCCC(NC(=O)c2cc(S(N)(=O)=O)cn2C)C1. The predicted octanol–water partition coefficient (Wildman–Crippen LogP) is 0.981. The van der Waals surface area contributed by atoms with Gasteiger partial charge in [-0.1, -0.05) is 19.8 Å². The molecule has 2 rings (SSSR count). The number of aromatic nitrogens is 1. The van der Waals surface area contributed by atoms with Crippen LogP contribution in [0.4, 0.5) is 0 Å². The first-order valence-corrected chi connectivity index (χ1v) is 8.32. The fraction of sp³-hybridized carbons (Fsp3) is 0.615. The van der Waals surface area contributed by atoms with Crippen LogP contribution in [0.25, 0.3) is 0 Å². The van der Waals surface area contributed by atoms with Gasteiger partial charge < -0.3 is 9.88 Å². The van der Waals surface area contributed by atoms with Gasteiger partial charge in [0.2, 0.25) is 10.0 Å². The molecule has 0 bridgehead atoms. The van der Waals surface area contributed by atoms with Crippen molar-refractivity contribution in [1.82, 2.24) is 9.88 Å². The smallest absolute Gasteiger partial charge is 0.268 e. The summed E-state index contributed by atoms with van der Waals surface area (Å²) in [6.07, 6.45) is 5.61. The summed E-state index contributed by atoms with van der Waals surface area (Å²) in [4.78, 5) is 12.2. The van der Waals surface area contributed by atoms with Gasteiger partial charge in [0.15, 0.2) is 0 Å². The molecule has 1 heterocycles. The van der Waals surface area contributed by atoms with E-state index in [1.54, 1.807) is 7.05 Å². The van der Waals surface area contributed by atoms with Gasteiger partial charge in [-0.25, -0.2) is 13.6 Å². The van der Waals surface area contributed by atoms with Crippen LogP contribution in [-0.2, 0) is 17.1 Å². The van der Waals surface area contributed by atoms with Crippen molar-refractivity contribution in [2.24, 2.45) is 18.1 Å². The second kappa shape index (κ2) is 5.57. The van der Waals surface area contributed by atoms with Gasteiger partial charge in [0.1, 0.15) is 10.6 Å². The standard InChI is InChI=1S/C13H21N3O3S/c1-9-4-3-5-10(6-9)15-13(17)12-7-11(8-16(12)2)20(14,18)19/h7-10H,3-6H2,1-2H3,(H,15,17)(H2,14,18,19). The highest BCUT2D eigenvalue weighted by molar-refractivity contribution is 7.89. The second-order valence-electron chi connectivity index (χ2n) is 5.66. The lowest BCUT2D eigenvalue weighted by Gasteiger charge is -2.27. The molecule has 1 aromatic rings. The Bertz CT molecular complexity index is 606. The van der Waals surface area contributed by atoms with Crippen LogP contribution in [0.1, 0.15) is 43.1 Å². The Morgan fingerprint density at radius 2 is 2.15 bits per heavy atom. The monoisotopic (exact) mass is 299 g/mol. The number of nitrogens with zero attached hydrogens (tertiary/aromatic N) is 1. The van der Waals surface area contributed by atoms with Gasteiger partial charge in [-0.05, 0) is 24.8 Å². The topological polar surface area (TPSA) is 94.2 Å². The van der Waals surface area contributed by atoms with Crippen LogP contribution in [0.5, 0.6) is 0 Å². The van der Waals surface area contributed by atoms with Crippen LogP contribution < -0.4 is 10.5 Å². The number of carbonyl (C=O) groups excluding carboxylic acids is 1. The Kier molecular flexibility index (Phi) is 4.19. The van der Waals surface area contributed by atoms with Gasteiger partial charge in [-0.3, -0.25) is 4.79 Å². The van der Waals surface area contributed by atoms with Crippen LogP contribution in [0.3, 0.4) is 0 Å². The molecule has 112 valence electrons. The van der Waals surface area contributed by atoms with E-state index in [2.05, 4.69) is 12.2 Å². The maximum atomic E-state index is 12.2. The number of rotatable bonds is 3. The normalized spacial score (nSPS) is 23.6. The molecule has 0 saturated heterocycles. The quantitative estimate of drug-likeness (QED) is 0.871. The zero-order valence-corrected chi connectivity index (χ0v) is 12.6. The number of carbonyl (C=O) groups is 1. The van der Waals surface area contributed by atoms with Gasteiger partial charge in [0.05, 0.1) is 0 Å². The first-order chi connectivity index (χ1) is 9.27. The van der Waals surface area contributed by atoms with E-state index in [0.717, 1.165) is 19.3 Å². The average Bonchev–Trinajstić information content (AvgIpc) is 2.71. The zero-order valence-electron chi connectivity index (χ0n) is 11.8. The number of nitrogens with one attached hydrogen (secondary N) is 1. The average molecular weight is 299 g/mol. The highest BCUT2D eigenvalue weighted by Gasteiger charge is 2.23. The van der Waals surface area contributed by atoms with Gasteiger partial charge in [0.25, 0.3) is 5.91 Å². The molecule has 1 aromatic heterocycles. The van der Waals surface area contributed by atoms with Crippen molar-refractivity contribution in [3.8, 4) is 0 Å². The predicted molar refractivity (Wildman–Crippen MR) is 75.7 cm³/mol. The molecule has 1 amide bonds. The van der Waals surface area contributed by atoms with Crippen LogP contribution in [0.15, 0.2) is 17.2 Å². The number of hydrogen-bond acceptors (Lipinski definition) is 3. The van der Waals surface area contributed by atoms with Crippen molar-refractivity contribution in [2.75, 3.05) is 0 Å². The molecule has 20 heavy (non-hydrogen) atoms. The molecular formula is C13H21N3O3S. The molecule has 2 atom stereocenters. The third kappa shape index (κ3) is 3.40. The Morgan fingerprint density at radius 1 is 1.45 bits per heavy atom. The maximum Gasteiger partial charge on any atom is 0.268 e. The van der Waals surface area contributed by atoms with Crippen molar-refractivity contribution < 1.29 is 13.2 Å². The lowest BCUT2D eigenvalue weighted by molar-refractivity contribution is 0.0913. The zero-order chi connectivity index (χ0) is 14.9. The van der Waals surface area contributed by atoms with E-state index in [-0.39, 0.29) is 16.8 Å². The van der Waals surface area contributed by atoms with E-state index >= 15 is 0 Å². The molecule has 0 radical (unpaired) electrons. The third-order valence-corrected chi connectivity index (χ3v) is 4.69. The number of hydrogen-bond donors (Lipinski definition) is 2. The summed E-state index contributed by atoms with van der Waals surface area (Å²) in [6.45, 7) is 2.18. The first kappa shape index (κ1) is 15.1. The van der Waals surface area contributed by atoms with Crippen molar-refractivity contribution in [3.63, 3.8) is 0 Å². The summed E-state index contributed by atoms with van der Waals surface area (Å²) in [6, 6.07) is 1.48. The van der Waals surface area contributed by atoms with Crippen molar-refractivity contribution in [2.45, 2.75) is 43.5 Å². The molecular weight excluding hydrogens is 278 g/mol. The highest BCUT2D eigenvalue weighted by Crippen LogP contribution is 2.24. The molecule has 3 N–H and O–H groups in total. The summed E-state index contributed by atoms with van der Waals surface area (Å²) in [5.41, 5.74) is 0.312. The van der Waals surface area contributed by atoms with Gasteiger partial charge in [-0.2, -0.15) is 0 Å². The minimum atomic E-state index is -3.78. The van der Waals surface area contributed by atoms with Gasteiger partial charge >= 0.3 is 0 Å². The Labute approximate surface area is 119 Å². The summed E-state index contributed by atoms with van der Waals surface area (Å²) >= 11 is 0. The highest BCUT2D eigenvalue weighted by atomic mass is 32.2. The van der Waals surface area contributed by atoms with Crippen LogP contribution in [-0.4, -0.2) is 24.9 Å².